The van der Waals surface area contributed by atoms with Gasteiger partial charge in [-0.3, -0.25) is 19.2 Å². The third-order valence-electron chi connectivity index (χ3n) is 10.3. The van der Waals surface area contributed by atoms with E-state index in [4.69, 9.17) is 0 Å². The van der Waals surface area contributed by atoms with Crippen LogP contribution in [0.3, 0.4) is 0 Å². The van der Waals surface area contributed by atoms with E-state index < -0.39 is 19.5 Å². The zero-order valence-electron chi connectivity index (χ0n) is 30.4. The minimum Gasteiger partial charge on any atom is -0.346 e. The Morgan fingerprint density at radius 2 is 0.836 bits per heavy atom. The van der Waals surface area contributed by atoms with Gasteiger partial charge in [0.15, 0.2) is 0 Å². The molecule has 0 saturated carbocycles. The number of benzene rings is 6. The Morgan fingerprint density at radius 3 is 1.25 bits per heavy atom. The van der Waals surface area contributed by atoms with E-state index in [1.54, 1.807) is 45.8 Å². The number of aromatic nitrogens is 2. The van der Waals surface area contributed by atoms with Gasteiger partial charge in [-0.25, -0.2) is 9.36 Å². The summed E-state index contributed by atoms with van der Waals surface area (Å²) in [6.45, 7) is 3.87. The summed E-state index contributed by atoms with van der Waals surface area (Å²) in [6.07, 6.45) is 0. The third kappa shape index (κ3) is 6.59. The van der Waals surface area contributed by atoms with Crippen molar-refractivity contribution in [3.05, 3.63) is 218 Å². The van der Waals surface area contributed by atoms with Crippen molar-refractivity contribution in [3.63, 3.8) is 0 Å². The molecule has 8 nitrogen and oxygen atoms in total. The quantitative estimate of drug-likeness (QED) is 0.146. The van der Waals surface area contributed by atoms with Gasteiger partial charge in [-0.1, -0.05) is 140 Å². The fraction of sp³-hybridized carbons (Fsp3) is 0.130. The van der Waals surface area contributed by atoms with Crippen molar-refractivity contribution in [1.29, 1.82) is 0 Å². The van der Waals surface area contributed by atoms with Crippen LogP contribution in [0.4, 0.5) is 0 Å². The van der Waals surface area contributed by atoms with Gasteiger partial charge in [-0.2, -0.15) is 0 Å². The van der Waals surface area contributed by atoms with Crippen LogP contribution in [0.5, 0.6) is 0 Å². The van der Waals surface area contributed by atoms with Gasteiger partial charge in [0, 0.05) is 11.1 Å². The Kier molecular flexibility index (Phi) is 9.83. The van der Waals surface area contributed by atoms with Gasteiger partial charge >= 0.3 is 0 Å². The molecule has 4 atom stereocenters. The van der Waals surface area contributed by atoms with E-state index in [0.717, 1.165) is 16.4 Å². The lowest BCUT2D eigenvalue weighted by molar-refractivity contribution is 0.0930. The van der Waals surface area contributed by atoms with Crippen LogP contribution in [0, 0.1) is 0 Å². The molecular formula is C46H39N4O4P. The Bertz CT molecular complexity index is 2480. The second-order valence-corrected chi connectivity index (χ2v) is 16.0. The second-order valence-electron chi connectivity index (χ2n) is 13.7. The van der Waals surface area contributed by atoms with E-state index in [1.165, 1.54) is 0 Å². The highest BCUT2D eigenvalue weighted by atomic mass is 31.1. The highest BCUT2D eigenvalue weighted by Gasteiger charge is 2.47. The first-order valence-corrected chi connectivity index (χ1v) is 19.8. The SMILES string of the molecule is C[C@H](NC(=O)c1ccccc1[C@@H]1n2c(=O)c3ccccc3c(=O)n2[C@@H](c2ccccc2C(=O)N[C@@H](C)c2ccccc2)P1c1ccccc1)c1ccccc1. The van der Waals surface area contributed by atoms with Crippen LogP contribution in [-0.4, -0.2) is 21.2 Å². The molecule has 0 aliphatic carbocycles. The second kappa shape index (κ2) is 15.2. The molecule has 55 heavy (non-hydrogen) atoms. The Balaban J connectivity index is 1.35. The highest BCUT2D eigenvalue weighted by Crippen LogP contribution is 2.65. The van der Waals surface area contributed by atoms with Crippen LogP contribution in [0.1, 0.15) is 80.5 Å². The number of nitrogens with zero attached hydrogens (tertiary/aromatic N) is 2. The molecule has 6 aromatic carbocycles. The van der Waals surface area contributed by atoms with Gasteiger partial charge in [0.25, 0.3) is 22.9 Å². The van der Waals surface area contributed by atoms with Crippen LogP contribution in [-0.2, 0) is 0 Å². The summed E-state index contributed by atoms with van der Waals surface area (Å²) >= 11 is 0. The number of carbonyl (C=O) groups excluding carboxylic acids is 2. The largest absolute Gasteiger partial charge is 0.346 e. The minimum atomic E-state index is -1.59. The normalized spacial score (nSPS) is 16.3. The van der Waals surface area contributed by atoms with Crippen molar-refractivity contribution < 1.29 is 9.59 Å². The smallest absolute Gasteiger partial charge is 0.274 e. The van der Waals surface area contributed by atoms with E-state index >= 15 is 0 Å². The van der Waals surface area contributed by atoms with Crippen molar-refractivity contribution in [3.8, 4) is 0 Å². The molecule has 0 radical (unpaired) electrons. The van der Waals surface area contributed by atoms with Gasteiger partial charge in [-0.05, 0) is 73.6 Å². The third-order valence-corrected chi connectivity index (χ3v) is 13.3. The highest BCUT2D eigenvalue weighted by molar-refractivity contribution is 7.66. The summed E-state index contributed by atoms with van der Waals surface area (Å²) in [7, 11) is -1.59. The molecule has 2 amide bonds. The van der Waals surface area contributed by atoms with Gasteiger partial charge in [0.05, 0.1) is 22.9 Å². The Morgan fingerprint density at radius 1 is 0.491 bits per heavy atom. The maximum absolute atomic E-state index is 14.9. The number of nitrogens with one attached hydrogen (secondary N) is 2. The molecule has 1 aliphatic rings. The van der Waals surface area contributed by atoms with E-state index in [1.807, 2.05) is 141 Å². The summed E-state index contributed by atoms with van der Waals surface area (Å²) in [5, 5.41) is 7.83. The molecular weight excluding hydrogens is 704 g/mol. The Labute approximate surface area is 319 Å². The summed E-state index contributed by atoms with van der Waals surface area (Å²) < 4.78 is 3.12. The van der Waals surface area contributed by atoms with Gasteiger partial charge in [-0.15, -0.1) is 0 Å². The predicted molar refractivity (Wildman–Crippen MR) is 219 cm³/mol. The van der Waals surface area contributed by atoms with Crippen LogP contribution >= 0.6 is 7.92 Å². The van der Waals surface area contributed by atoms with Crippen molar-refractivity contribution >= 4 is 35.8 Å². The number of amides is 2. The summed E-state index contributed by atoms with van der Waals surface area (Å²) in [4.78, 5) is 58.5. The number of fused-ring (bicyclic) bond motifs is 2. The molecule has 0 bridgehead atoms. The van der Waals surface area contributed by atoms with Crippen molar-refractivity contribution in [1.82, 2.24) is 20.0 Å². The maximum Gasteiger partial charge on any atom is 0.274 e. The van der Waals surface area contributed by atoms with Crippen LogP contribution < -0.4 is 27.1 Å². The van der Waals surface area contributed by atoms with Gasteiger partial charge in [0.1, 0.15) is 11.6 Å². The summed E-state index contributed by atoms with van der Waals surface area (Å²) in [5.41, 5.74) is 3.25. The fourth-order valence-corrected chi connectivity index (χ4v) is 10.9. The molecule has 2 heterocycles. The molecule has 272 valence electrons. The monoisotopic (exact) mass is 742 g/mol. The van der Waals surface area contributed by atoms with E-state index in [2.05, 4.69) is 10.6 Å². The first-order valence-electron chi connectivity index (χ1n) is 18.3. The van der Waals surface area contributed by atoms with Crippen LogP contribution in [0.15, 0.2) is 173 Å². The van der Waals surface area contributed by atoms with E-state index in [9.17, 15) is 19.2 Å². The molecule has 9 heteroatoms. The topological polar surface area (TPSA) is 102 Å². The zero-order valence-corrected chi connectivity index (χ0v) is 31.3. The van der Waals surface area contributed by atoms with Crippen molar-refractivity contribution in [2.75, 3.05) is 0 Å². The summed E-state index contributed by atoms with van der Waals surface area (Å²) in [5.74, 6) is -2.09. The van der Waals surface area contributed by atoms with Crippen molar-refractivity contribution in [2.45, 2.75) is 37.5 Å². The molecule has 0 spiro atoms. The molecule has 8 rings (SSSR count). The average molecular weight is 743 g/mol. The van der Waals surface area contributed by atoms with E-state index in [-0.39, 0.29) is 35.0 Å². The molecule has 0 unspecified atom stereocenters. The van der Waals surface area contributed by atoms with E-state index in [0.29, 0.717) is 33.0 Å². The number of hydrogen-bond acceptors (Lipinski definition) is 4. The maximum atomic E-state index is 14.9. The predicted octanol–water partition coefficient (Wildman–Crippen LogP) is 8.06. The molecule has 0 saturated heterocycles. The number of carbonyl (C=O) groups is 2. The van der Waals surface area contributed by atoms with Crippen LogP contribution in [0.25, 0.3) is 10.8 Å². The lowest BCUT2D eigenvalue weighted by Crippen LogP contribution is -2.38. The van der Waals surface area contributed by atoms with Gasteiger partial charge < -0.3 is 10.6 Å². The molecule has 7 aromatic rings. The summed E-state index contributed by atoms with van der Waals surface area (Å²) in [6, 6.07) is 50.2. The van der Waals surface area contributed by atoms with Crippen molar-refractivity contribution in [2.24, 2.45) is 0 Å². The molecule has 0 fully saturated rings. The number of hydrogen-bond donors (Lipinski definition) is 2. The lowest BCUT2D eigenvalue weighted by atomic mass is 10.0. The molecule has 2 N–H and O–H groups in total. The first kappa shape index (κ1) is 35.6. The van der Waals surface area contributed by atoms with Gasteiger partial charge in [0.2, 0.25) is 0 Å². The Hall–Kier alpha value is -6.37. The fourth-order valence-electron chi connectivity index (χ4n) is 7.63. The average Bonchev–Trinajstić information content (AvgIpc) is 3.60. The molecule has 1 aromatic heterocycles. The van der Waals surface area contributed by atoms with Crippen LogP contribution in [0.2, 0.25) is 0 Å². The first-order chi connectivity index (χ1) is 26.8. The molecule has 1 aliphatic heterocycles. The lowest BCUT2D eigenvalue weighted by Gasteiger charge is -2.28. The zero-order chi connectivity index (χ0) is 38.1. The standard InChI is InChI=1S/C46H39N4O4P/c1-30(32-18-6-3-7-19-32)47-41(51)35-24-12-16-28-39(35)45-49-43(53)37-26-14-15-27-38(37)44(54)50(49)46(55(45)34-22-10-5-11-23-34)40-29-17-13-25-36(40)42(52)48-31(2)33-20-8-4-9-21-33/h3-31,45-46H,1-2H3,(H,47,51)(H,48,52)/t30-,31-,45+,46+/m0/s1. The number of rotatable bonds is 9. The minimum absolute atomic E-state index is 0.291.